The Morgan fingerprint density at radius 2 is 1.02 bits per heavy atom. The molecule has 0 saturated heterocycles. The first-order valence-electron chi connectivity index (χ1n) is 14.4. The summed E-state index contributed by atoms with van der Waals surface area (Å²) in [7, 11) is 0. The fraction of sp³-hybridized carbons (Fsp3) is 0. The van der Waals surface area contributed by atoms with Gasteiger partial charge in [-0.25, -0.2) is 9.97 Å². The van der Waals surface area contributed by atoms with Gasteiger partial charge >= 0.3 is 0 Å². The smallest absolute Gasteiger partial charge is 0.235 e. The van der Waals surface area contributed by atoms with E-state index in [4.69, 9.17) is 9.97 Å². The molecule has 0 fully saturated rings. The van der Waals surface area contributed by atoms with Gasteiger partial charge in [-0.1, -0.05) is 103 Å². The Kier molecular flexibility index (Phi) is 4.75. The Morgan fingerprint density at radius 1 is 0.465 bits per heavy atom. The van der Waals surface area contributed by atoms with Gasteiger partial charge in [-0.05, 0) is 24.3 Å². The Labute approximate surface area is 253 Å². The number of hydrogen-bond donors (Lipinski definition) is 0. The highest BCUT2D eigenvalue weighted by Gasteiger charge is 2.25. The number of para-hydroxylation sites is 2. The third kappa shape index (κ3) is 3.18. The molecule has 4 aromatic heterocycles. The molecule has 0 aliphatic heterocycles. The van der Waals surface area contributed by atoms with Gasteiger partial charge in [-0.2, -0.15) is 0 Å². The maximum atomic E-state index is 5.37. The summed E-state index contributed by atoms with van der Waals surface area (Å²) >= 11 is 3.79. The van der Waals surface area contributed by atoms with Crippen molar-refractivity contribution in [1.82, 2.24) is 14.5 Å². The second kappa shape index (κ2) is 8.71. The molecule has 0 spiro atoms. The van der Waals surface area contributed by atoms with Crippen LogP contribution in [0, 0.1) is 0 Å². The first kappa shape index (κ1) is 23.5. The van der Waals surface area contributed by atoms with E-state index in [9.17, 15) is 0 Å². The topological polar surface area (TPSA) is 30.7 Å². The summed E-state index contributed by atoms with van der Waals surface area (Å²) in [6, 6.07) is 45.2. The van der Waals surface area contributed by atoms with Crippen LogP contribution in [0.4, 0.5) is 0 Å². The third-order valence-electron chi connectivity index (χ3n) is 8.60. The molecule has 0 aliphatic carbocycles. The summed E-state index contributed by atoms with van der Waals surface area (Å²) in [5, 5.41) is 8.79. The summed E-state index contributed by atoms with van der Waals surface area (Å²) in [5.74, 6) is 0.695. The van der Waals surface area contributed by atoms with Gasteiger partial charge in [0.2, 0.25) is 5.95 Å². The highest BCUT2D eigenvalue weighted by molar-refractivity contribution is 7.30. The SMILES string of the molecule is c1ccc(-c2nc(-n3c4ccccc4c4c5sc6ccccc6c5c5sc6ccccc6c5c43)nc3ccccc23)cc1. The van der Waals surface area contributed by atoms with Gasteiger partial charge in [0, 0.05) is 62.1 Å². The standard InChI is InChI=1S/C38H21N3S2/c1-2-12-22(13-3-1)34-23-14-4-8-18-27(23)39-38(40-34)41-28-19-9-5-15-24(28)31-35(41)32-25-16-6-10-20-29(25)42-37(32)33-26-17-7-11-21-30(26)43-36(31)33/h1-21H. The van der Waals surface area contributed by atoms with Crippen molar-refractivity contribution < 1.29 is 0 Å². The predicted molar refractivity (Wildman–Crippen MR) is 185 cm³/mol. The zero-order valence-electron chi connectivity index (χ0n) is 22.8. The lowest BCUT2D eigenvalue weighted by Gasteiger charge is -2.12. The van der Waals surface area contributed by atoms with Gasteiger partial charge in [0.15, 0.2) is 0 Å². The van der Waals surface area contributed by atoms with Gasteiger partial charge in [-0.15, -0.1) is 22.7 Å². The van der Waals surface area contributed by atoms with Crippen LogP contribution in [0.2, 0.25) is 0 Å². The van der Waals surface area contributed by atoms with Crippen LogP contribution in [0.25, 0.3) is 90.3 Å². The summed E-state index contributed by atoms with van der Waals surface area (Å²) in [5.41, 5.74) is 5.27. The maximum absolute atomic E-state index is 5.37. The van der Waals surface area contributed by atoms with Crippen LogP contribution in [0.3, 0.4) is 0 Å². The van der Waals surface area contributed by atoms with Crippen molar-refractivity contribution in [2.75, 3.05) is 0 Å². The zero-order chi connectivity index (χ0) is 28.1. The number of thiophene rings is 2. The second-order valence-corrected chi connectivity index (χ2v) is 13.0. The average Bonchev–Trinajstić information content (AvgIpc) is 3.74. The number of nitrogens with zero attached hydrogens (tertiary/aromatic N) is 3. The minimum atomic E-state index is 0.695. The lowest BCUT2D eigenvalue weighted by molar-refractivity contribution is 1.02. The van der Waals surface area contributed by atoms with E-state index in [1.807, 2.05) is 22.7 Å². The fourth-order valence-corrected chi connectivity index (χ4v) is 9.40. The highest BCUT2D eigenvalue weighted by Crippen LogP contribution is 2.51. The average molecular weight is 584 g/mol. The molecule has 10 rings (SSSR count). The van der Waals surface area contributed by atoms with Crippen LogP contribution < -0.4 is 0 Å². The monoisotopic (exact) mass is 583 g/mol. The molecule has 43 heavy (non-hydrogen) atoms. The lowest BCUT2D eigenvalue weighted by atomic mass is 10.0. The summed E-state index contributed by atoms with van der Waals surface area (Å²) in [6.07, 6.45) is 0. The van der Waals surface area contributed by atoms with Crippen molar-refractivity contribution in [2.45, 2.75) is 0 Å². The molecule has 0 aliphatic rings. The van der Waals surface area contributed by atoms with Crippen molar-refractivity contribution in [3.8, 4) is 17.2 Å². The van der Waals surface area contributed by atoms with Gasteiger partial charge in [0.1, 0.15) is 0 Å². The lowest BCUT2D eigenvalue weighted by Crippen LogP contribution is -2.03. The molecule has 6 aromatic carbocycles. The quantitative estimate of drug-likeness (QED) is 0.203. The van der Waals surface area contributed by atoms with Crippen LogP contribution in [0.15, 0.2) is 127 Å². The summed E-state index contributed by atoms with van der Waals surface area (Å²) < 4.78 is 7.59. The third-order valence-corrected chi connectivity index (χ3v) is 11.0. The predicted octanol–water partition coefficient (Wildman–Crippen LogP) is 11.1. The van der Waals surface area contributed by atoms with E-state index in [0.717, 1.165) is 27.7 Å². The first-order chi connectivity index (χ1) is 21.3. The normalized spacial score (nSPS) is 12.2. The molecule has 0 N–H and O–H groups in total. The maximum Gasteiger partial charge on any atom is 0.235 e. The number of aromatic nitrogens is 3. The Morgan fingerprint density at radius 3 is 1.77 bits per heavy atom. The Bertz CT molecular complexity index is 2700. The largest absolute Gasteiger partial charge is 0.277 e. The van der Waals surface area contributed by atoms with E-state index in [0.29, 0.717) is 5.95 Å². The number of fused-ring (bicyclic) bond motifs is 13. The number of hydrogen-bond acceptors (Lipinski definition) is 4. The van der Waals surface area contributed by atoms with E-state index in [2.05, 4.69) is 132 Å². The van der Waals surface area contributed by atoms with Crippen LogP contribution in [-0.4, -0.2) is 14.5 Å². The first-order valence-corrected chi connectivity index (χ1v) is 16.0. The summed E-state index contributed by atoms with van der Waals surface area (Å²) in [4.78, 5) is 10.6. The zero-order valence-corrected chi connectivity index (χ0v) is 24.4. The minimum absolute atomic E-state index is 0.695. The van der Waals surface area contributed by atoms with Gasteiger partial charge in [0.25, 0.3) is 0 Å². The Hall–Kier alpha value is -5.10. The molecule has 200 valence electrons. The molecule has 0 saturated carbocycles. The molecule has 4 heterocycles. The highest BCUT2D eigenvalue weighted by atomic mass is 32.1. The molecular weight excluding hydrogens is 563 g/mol. The van der Waals surface area contributed by atoms with Crippen molar-refractivity contribution in [2.24, 2.45) is 0 Å². The van der Waals surface area contributed by atoms with Crippen molar-refractivity contribution in [1.29, 1.82) is 0 Å². The van der Waals surface area contributed by atoms with Crippen molar-refractivity contribution in [3.05, 3.63) is 127 Å². The van der Waals surface area contributed by atoms with Gasteiger partial charge < -0.3 is 0 Å². The van der Waals surface area contributed by atoms with Crippen LogP contribution in [0.1, 0.15) is 0 Å². The molecule has 5 heteroatoms. The molecule has 0 radical (unpaired) electrons. The molecule has 0 bridgehead atoms. The van der Waals surface area contributed by atoms with E-state index < -0.39 is 0 Å². The van der Waals surface area contributed by atoms with Gasteiger partial charge in [-0.3, -0.25) is 4.57 Å². The van der Waals surface area contributed by atoms with E-state index >= 15 is 0 Å². The molecular formula is C38H21N3S2. The molecule has 3 nitrogen and oxygen atoms in total. The summed E-state index contributed by atoms with van der Waals surface area (Å²) in [6.45, 7) is 0. The minimum Gasteiger partial charge on any atom is -0.277 e. The number of benzene rings is 6. The van der Waals surface area contributed by atoms with E-state index in [1.165, 1.54) is 56.6 Å². The van der Waals surface area contributed by atoms with E-state index in [-0.39, 0.29) is 0 Å². The molecule has 0 amide bonds. The van der Waals surface area contributed by atoms with Crippen molar-refractivity contribution >= 4 is 95.7 Å². The number of rotatable bonds is 2. The molecule has 10 aromatic rings. The molecule has 0 unspecified atom stereocenters. The fourth-order valence-electron chi connectivity index (χ4n) is 6.80. The molecule has 0 atom stereocenters. The van der Waals surface area contributed by atoms with Crippen molar-refractivity contribution in [3.63, 3.8) is 0 Å². The Balaban J connectivity index is 1.49. The van der Waals surface area contributed by atoms with Crippen LogP contribution in [0.5, 0.6) is 0 Å². The van der Waals surface area contributed by atoms with Crippen LogP contribution >= 0.6 is 22.7 Å². The van der Waals surface area contributed by atoms with E-state index in [1.54, 1.807) is 0 Å². The second-order valence-electron chi connectivity index (χ2n) is 10.9. The van der Waals surface area contributed by atoms with Gasteiger partial charge in [0.05, 0.1) is 22.2 Å². The van der Waals surface area contributed by atoms with Crippen LogP contribution in [-0.2, 0) is 0 Å².